The van der Waals surface area contributed by atoms with E-state index in [-0.39, 0.29) is 29.1 Å². The van der Waals surface area contributed by atoms with Crippen molar-refractivity contribution in [1.82, 2.24) is 14.7 Å². The number of anilines is 1. The van der Waals surface area contributed by atoms with Gasteiger partial charge in [0, 0.05) is 16.8 Å². The second kappa shape index (κ2) is 7.70. The van der Waals surface area contributed by atoms with Gasteiger partial charge in [0.15, 0.2) is 5.78 Å². The van der Waals surface area contributed by atoms with Crippen LogP contribution in [0.3, 0.4) is 0 Å². The molecule has 2 heterocycles. The Hall–Kier alpha value is -4.14. The molecule has 30 heavy (non-hydrogen) atoms. The first kappa shape index (κ1) is 19.2. The number of hydrogen-bond donors (Lipinski definition) is 1. The molecule has 0 aliphatic heterocycles. The zero-order chi connectivity index (χ0) is 21.3. The Morgan fingerprint density at radius 2 is 1.80 bits per heavy atom. The molecule has 0 radical (unpaired) electrons. The summed E-state index contributed by atoms with van der Waals surface area (Å²) < 4.78 is 19.4. The van der Waals surface area contributed by atoms with Crippen molar-refractivity contribution in [3.63, 3.8) is 0 Å². The summed E-state index contributed by atoms with van der Waals surface area (Å²) in [6.45, 7) is 1.17. The van der Waals surface area contributed by atoms with E-state index in [1.54, 1.807) is 24.3 Å². The molecule has 0 spiro atoms. The molecule has 150 valence electrons. The van der Waals surface area contributed by atoms with Crippen LogP contribution in [0.4, 0.5) is 10.1 Å². The topological polar surface area (TPSA) is 107 Å². The van der Waals surface area contributed by atoms with E-state index in [4.69, 9.17) is 4.52 Å². The minimum absolute atomic E-state index is 0.0239. The molecule has 0 aliphatic carbocycles. The average molecular weight is 406 g/mol. The number of nitrogens with zero attached hydrogens (tertiary/aromatic N) is 3. The molecule has 0 aliphatic rings. The lowest BCUT2D eigenvalue weighted by atomic mass is 10.1. The SMILES string of the molecule is CC(=O)c1ccc(NC(=O)Cn2cnc3onc(-c4ccc(F)cc4)c3c2=O)cc1. The molecule has 0 unspecified atom stereocenters. The van der Waals surface area contributed by atoms with E-state index >= 15 is 0 Å². The number of fused-ring (bicyclic) bond motifs is 1. The lowest BCUT2D eigenvalue weighted by molar-refractivity contribution is -0.116. The fourth-order valence-electron chi connectivity index (χ4n) is 2.94. The third-order valence-electron chi connectivity index (χ3n) is 4.47. The van der Waals surface area contributed by atoms with Crippen LogP contribution in [0.1, 0.15) is 17.3 Å². The fourth-order valence-corrected chi connectivity index (χ4v) is 2.94. The van der Waals surface area contributed by atoms with Gasteiger partial charge in [-0.1, -0.05) is 5.16 Å². The number of carbonyl (C=O) groups is 2. The summed E-state index contributed by atoms with van der Waals surface area (Å²) in [5, 5.41) is 6.62. The quantitative estimate of drug-likeness (QED) is 0.511. The van der Waals surface area contributed by atoms with Crippen molar-refractivity contribution in [3.8, 4) is 11.3 Å². The van der Waals surface area contributed by atoms with Gasteiger partial charge in [-0.05, 0) is 55.5 Å². The molecule has 8 nitrogen and oxygen atoms in total. The Labute approximate surface area is 169 Å². The van der Waals surface area contributed by atoms with Gasteiger partial charge in [0.1, 0.15) is 29.8 Å². The summed E-state index contributed by atoms with van der Waals surface area (Å²) in [4.78, 5) is 40.6. The predicted octanol–water partition coefficient (Wildman–Crippen LogP) is 3.03. The van der Waals surface area contributed by atoms with Crippen LogP contribution in [-0.4, -0.2) is 26.4 Å². The number of carbonyl (C=O) groups excluding carboxylic acids is 2. The largest absolute Gasteiger partial charge is 0.335 e. The van der Waals surface area contributed by atoms with Crippen molar-refractivity contribution < 1.29 is 18.5 Å². The van der Waals surface area contributed by atoms with Crippen LogP contribution in [0.25, 0.3) is 22.4 Å². The molecule has 0 atom stereocenters. The smallest absolute Gasteiger partial charge is 0.267 e. The highest BCUT2D eigenvalue weighted by molar-refractivity contribution is 5.95. The lowest BCUT2D eigenvalue weighted by Crippen LogP contribution is -2.27. The third kappa shape index (κ3) is 3.72. The maximum Gasteiger partial charge on any atom is 0.267 e. The van der Waals surface area contributed by atoms with Crippen LogP contribution < -0.4 is 10.9 Å². The van der Waals surface area contributed by atoms with Crippen molar-refractivity contribution in [1.29, 1.82) is 0 Å². The first-order valence-electron chi connectivity index (χ1n) is 8.94. The van der Waals surface area contributed by atoms with E-state index < -0.39 is 17.3 Å². The number of aromatic nitrogens is 3. The van der Waals surface area contributed by atoms with E-state index in [1.807, 2.05) is 0 Å². The Kier molecular flexibility index (Phi) is 4.93. The zero-order valence-corrected chi connectivity index (χ0v) is 15.8. The van der Waals surface area contributed by atoms with Crippen molar-refractivity contribution in [2.75, 3.05) is 5.32 Å². The van der Waals surface area contributed by atoms with Gasteiger partial charge in [0.25, 0.3) is 11.3 Å². The number of halogens is 1. The first-order valence-corrected chi connectivity index (χ1v) is 8.94. The van der Waals surface area contributed by atoms with Crippen LogP contribution in [-0.2, 0) is 11.3 Å². The molecule has 1 N–H and O–H groups in total. The highest BCUT2D eigenvalue weighted by Crippen LogP contribution is 2.24. The molecule has 4 rings (SSSR count). The monoisotopic (exact) mass is 406 g/mol. The summed E-state index contributed by atoms with van der Waals surface area (Å²) in [7, 11) is 0. The van der Waals surface area contributed by atoms with E-state index in [2.05, 4.69) is 15.5 Å². The molecule has 2 aromatic heterocycles. The average Bonchev–Trinajstić information content (AvgIpc) is 3.16. The molecule has 0 bridgehead atoms. The van der Waals surface area contributed by atoms with E-state index in [1.165, 1.54) is 37.5 Å². The first-order chi connectivity index (χ1) is 14.4. The molecular formula is C21H15FN4O4. The molecule has 0 saturated carbocycles. The molecular weight excluding hydrogens is 391 g/mol. The van der Waals surface area contributed by atoms with Crippen molar-refractivity contribution in [3.05, 3.63) is 76.6 Å². The van der Waals surface area contributed by atoms with E-state index in [0.717, 1.165) is 4.57 Å². The summed E-state index contributed by atoms with van der Waals surface area (Å²) in [6, 6.07) is 11.8. The van der Waals surface area contributed by atoms with Crippen molar-refractivity contribution in [2.45, 2.75) is 13.5 Å². The zero-order valence-electron chi connectivity index (χ0n) is 15.8. The summed E-state index contributed by atoms with van der Waals surface area (Å²) in [5.74, 6) is -0.951. The Morgan fingerprint density at radius 1 is 1.10 bits per heavy atom. The second-order valence-electron chi connectivity index (χ2n) is 6.58. The fraction of sp³-hybridized carbons (Fsp3) is 0.0952. The van der Waals surface area contributed by atoms with Crippen LogP contribution in [0.5, 0.6) is 0 Å². The van der Waals surface area contributed by atoms with E-state index in [9.17, 15) is 18.8 Å². The summed E-state index contributed by atoms with van der Waals surface area (Å²) >= 11 is 0. The standard InChI is InChI=1S/C21H15FN4O4/c1-12(27)13-4-8-16(9-5-13)24-17(28)10-26-11-23-20-18(21(26)29)19(25-30-20)14-2-6-15(22)7-3-14/h2-9,11H,10H2,1H3,(H,24,28). The minimum atomic E-state index is -0.511. The van der Waals surface area contributed by atoms with Crippen molar-refractivity contribution >= 4 is 28.5 Å². The number of rotatable bonds is 5. The van der Waals surface area contributed by atoms with Gasteiger partial charge >= 0.3 is 0 Å². The molecule has 2 aromatic carbocycles. The van der Waals surface area contributed by atoms with Gasteiger partial charge in [-0.3, -0.25) is 19.0 Å². The summed E-state index contributed by atoms with van der Waals surface area (Å²) in [6.07, 6.45) is 1.20. The molecule has 1 amide bonds. The molecule has 9 heteroatoms. The van der Waals surface area contributed by atoms with Crippen molar-refractivity contribution in [2.24, 2.45) is 0 Å². The maximum absolute atomic E-state index is 13.2. The van der Waals surface area contributed by atoms with Gasteiger partial charge in [-0.25, -0.2) is 9.37 Å². The highest BCUT2D eigenvalue weighted by atomic mass is 19.1. The third-order valence-corrected chi connectivity index (χ3v) is 4.47. The second-order valence-corrected chi connectivity index (χ2v) is 6.58. The number of hydrogen-bond acceptors (Lipinski definition) is 6. The van der Waals surface area contributed by atoms with Gasteiger partial charge < -0.3 is 9.84 Å². The Balaban J connectivity index is 1.60. The number of benzene rings is 2. The van der Waals surface area contributed by atoms with Crippen LogP contribution >= 0.6 is 0 Å². The lowest BCUT2D eigenvalue weighted by Gasteiger charge is -2.07. The minimum Gasteiger partial charge on any atom is -0.335 e. The van der Waals surface area contributed by atoms with Gasteiger partial charge in [0.2, 0.25) is 5.91 Å². The normalized spacial score (nSPS) is 10.9. The van der Waals surface area contributed by atoms with Gasteiger partial charge in [-0.2, -0.15) is 0 Å². The number of nitrogens with one attached hydrogen (secondary N) is 1. The Bertz CT molecular complexity index is 1310. The number of amides is 1. The molecule has 4 aromatic rings. The predicted molar refractivity (Wildman–Crippen MR) is 107 cm³/mol. The Morgan fingerprint density at radius 3 is 2.47 bits per heavy atom. The van der Waals surface area contributed by atoms with Crippen LogP contribution in [0, 0.1) is 5.82 Å². The highest BCUT2D eigenvalue weighted by Gasteiger charge is 2.18. The van der Waals surface area contributed by atoms with Crippen LogP contribution in [0.2, 0.25) is 0 Å². The maximum atomic E-state index is 13.2. The summed E-state index contributed by atoms with van der Waals surface area (Å²) in [5.41, 5.74) is 1.24. The molecule has 0 fully saturated rings. The van der Waals surface area contributed by atoms with Gasteiger partial charge in [-0.15, -0.1) is 0 Å². The van der Waals surface area contributed by atoms with Gasteiger partial charge in [0.05, 0.1) is 0 Å². The number of Topliss-reactive ketones (excluding diaryl/α,β-unsaturated/α-hetero) is 1. The molecule has 0 saturated heterocycles. The van der Waals surface area contributed by atoms with Crippen LogP contribution in [0.15, 0.2) is 64.2 Å². The number of ketones is 1. The van der Waals surface area contributed by atoms with E-state index in [0.29, 0.717) is 16.8 Å².